The molecule has 1 aliphatic heterocycles. The first kappa shape index (κ1) is 23.6. The van der Waals surface area contributed by atoms with Gasteiger partial charge in [-0.2, -0.15) is 0 Å². The number of benzene rings is 1. The molecular formula is C23H29N7O4. The molecule has 1 aliphatic rings. The van der Waals surface area contributed by atoms with Gasteiger partial charge >= 0.3 is 0 Å². The topological polar surface area (TPSA) is 181 Å². The molecule has 2 aromatic heterocycles. The number of nitrogens with one attached hydrogen (secondary N) is 5. The van der Waals surface area contributed by atoms with Gasteiger partial charge in [-0.25, -0.2) is 4.98 Å². The molecule has 3 unspecified atom stereocenters. The minimum atomic E-state index is -1.32. The Bertz CT molecular complexity index is 1140. The van der Waals surface area contributed by atoms with Crippen molar-refractivity contribution in [3.63, 3.8) is 0 Å². The lowest BCUT2D eigenvalue weighted by molar-refractivity contribution is -0.129. The molecule has 1 saturated heterocycles. The lowest BCUT2D eigenvalue weighted by atomic mass is 10.0. The number of aliphatic hydroxyl groups is 2. The largest absolute Gasteiger partial charge is 0.379 e. The van der Waals surface area contributed by atoms with E-state index in [0.717, 1.165) is 16.5 Å². The molecule has 9 N–H and O–H groups in total. The van der Waals surface area contributed by atoms with Crippen LogP contribution in [0, 0.1) is 0 Å². The number of nitrogens with two attached hydrogens (primary N) is 1. The van der Waals surface area contributed by atoms with Crippen LogP contribution in [-0.2, 0) is 16.0 Å². The third-order valence-corrected chi connectivity index (χ3v) is 5.86. The Morgan fingerprint density at radius 1 is 1.24 bits per heavy atom. The lowest BCUT2D eigenvalue weighted by Gasteiger charge is -2.24. The monoisotopic (exact) mass is 467 g/mol. The summed E-state index contributed by atoms with van der Waals surface area (Å²) >= 11 is 0. The first-order valence-electron chi connectivity index (χ1n) is 11.1. The van der Waals surface area contributed by atoms with E-state index in [-0.39, 0.29) is 6.42 Å². The van der Waals surface area contributed by atoms with E-state index in [9.17, 15) is 19.8 Å². The van der Waals surface area contributed by atoms with Gasteiger partial charge in [-0.3, -0.25) is 14.9 Å². The molecule has 11 heteroatoms. The number of rotatable bonds is 9. The van der Waals surface area contributed by atoms with E-state index < -0.39 is 42.4 Å². The number of carbonyl (C=O) groups is 2. The van der Waals surface area contributed by atoms with Gasteiger partial charge in [-0.1, -0.05) is 24.3 Å². The van der Waals surface area contributed by atoms with E-state index in [4.69, 9.17) is 5.73 Å². The van der Waals surface area contributed by atoms with Crippen molar-refractivity contribution in [2.45, 2.75) is 49.8 Å². The molecule has 0 aliphatic carbocycles. The van der Waals surface area contributed by atoms with Crippen LogP contribution < -0.4 is 21.7 Å². The van der Waals surface area contributed by atoms with Crippen molar-refractivity contribution in [3.05, 3.63) is 60.3 Å². The van der Waals surface area contributed by atoms with Gasteiger partial charge in [0.2, 0.25) is 11.8 Å². The quantitative estimate of drug-likeness (QED) is 0.195. The minimum absolute atomic E-state index is 0.286. The van der Waals surface area contributed by atoms with E-state index in [0.29, 0.717) is 18.5 Å². The molecule has 11 nitrogen and oxygen atoms in total. The second-order valence-corrected chi connectivity index (χ2v) is 8.33. The Balaban J connectivity index is 1.49. The molecule has 3 heterocycles. The van der Waals surface area contributed by atoms with Gasteiger partial charge in [0, 0.05) is 17.1 Å². The van der Waals surface area contributed by atoms with Crippen LogP contribution in [-0.4, -0.2) is 67.6 Å². The van der Waals surface area contributed by atoms with Gasteiger partial charge in [0.25, 0.3) is 0 Å². The van der Waals surface area contributed by atoms with Gasteiger partial charge in [0.05, 0.1) is 30.3 Å². The lowest BCUT2D eigenvalue weighted by Crippen LogP contribution is -2.56. The Morgan fingerprint density at radius 3 is 2.76 bits per heavy atom. The number of amides is 2. The average Bonchev–Trinajstić information content (AvgIpc) is 3.57. The highest BCUT2D eigenvalue weighted by molar-refractivity contribution is 5.92. The number of aromatic amines is 2. The first-order valence-corrected chi connectivity index (χ1v) is 11.1. The summed E-state index contributed by atoms with van der Waals surface area (Å²) in [4.78, 5) is 35.9. The highest BCUT2D eigenvalue weighted by atomic mass is 16.3. The minimum Gasteiger partial charge on any atom is -0.379 e. The number of aromatic nitrogens is 3. The molecule has 5 atom stereocenters. The van der Waals surface area contributed by atoms with Crippen molar-refractivity contribution in [1.82, 2.24) is 30.9 Å². The van der Waals surface area contributed by atoms with Crippen LogP contribution in [0.3, 0.4) is 0 Å². The summed E-state index contributed by atoms with van der Waals surface area (Å²) in [6, 6.07) is 5.27. The molecule has 4 rings (SSSR count). The summed E-state index contributed by atoms with van der Waals surface area (Å²) in [7, 11) is 0. The van der Waals surface area contributed by atoms with Crippen molar-refractivity contribution in [2.75, 3.05) is 0 Å². The van der Waals surface area contributed by atoms with Crippen LogP contribution in [0.5, 0.6) is 0 Å². The van der Waals surface area contributed by atoms with Crippen molar-refractivity contribution >= 4 is 28.8 Å². The number of hydrogen-bond donors (Lipinski definition) is 8. The fourth-order valence-corrected chi connectivity index (χ4v) is 4.01. The predicted octanol–water partition coefficient (Wildman–Crippen LogP) is -0.536. The third kappa shape index (κ3) is 5.69. The van der Waals surface area contributed by atoms with Gasteiger partial charge < -0.3 is 36.5 Å². The molecule has 0 saturated carbocycles. The van der Waals surface area contributed by atoms with E-state index in [1.165, 1.54) is 12.4 Å². The molecule has 0 radical (unpaired) electrons. The number of para-hydroxylation sites is 1. The number of imidazole rings is 1. The average molecular weight is 468 g/mol. The van der Waals surface area contributed by atoms with Gasteiger partial charge in [0.1, 0.15) is 18.5 Å². The Hall–Kier alpha value is -3.51. The number of hydrogen-bond acceptors (Lipinski definition) is 7. The SMILES string of the molecule is NC(O)[C@H](Cc1c[nH]c2ccccc12)NC(=O)C(/C=C/c1cnc[nH]1)NC(=O)[C@@H]1CCC(O)N1. The second-order valence-electron chi connectivity index (χ2n) is 8.33. The maximum Gasteiger partial charge on any atom is 0.246 e. The van der Waals surface area contributed by atoms with E-state index in [1.54, 1.807) is 12.3 Å². The van der Waals surface area contributed by atoms with Crippen molar-refractivity contribution in [3.8, 4) is 0 Å². The highest BCUT2D eigenvalue weighted by Crippen LogP contribution is 2.19. The molecule has 1 aromatic carbocycles. The standard InChI is InChI=1S/C23H29N7O4/c24-21(32)19(9-13-10-26-16-4-2-1-3-15(13)16)30-23(34)18(6-5-14-11-25-12-27-14)29-22(33)17-7-8-20(31)28-17/h1-6,10-12,17-21,26,28,31-32H,7-9,24H2,(H,25,27)(H,29,33)(H,30,34)/b6-5+/t17-,18?,19-,20?,21?/m0/s1. The summed E-state index contributed by atoms with van der Waals surface area (Å²) in [5, 5.41) is 29.0. The molecule has 180 valence electrons. The zero-order valence-electron chi connectivity index (χ0n) is 18.4. The summed E-state index contributed by atoms with van der Waals surface area (Å²) in [6.07, 6.45) is 7.16. The van der Waals surface area contributed by atoms with Crippen LogP contribution in [0.15, 0.2) is 49.1 Å². The summed E-state index contributed by atoms with van der Waals surface area (Å²) in [5.41, 5.74) is 8.27. The van der Waals surface area contributed by atoms with Crippen molar-refractivity contribution in [1.29, 1.82) is 0 Å². The Kier molecular flexibility index (Phi) is 7.38. The number of aliphatic hydroxyl groups excluding tert-OH is 2. The van der Waals surface area contributed by atoms with Crippen molar-refractivity contribution in [2.24, 2.45) is 5.73 Å². The van der Waals surface area contributed by atoms with E-state index >= 15 is 0 Å². The van der Waals surface area contributed by atoms with Gasteiger partial charge in [-0.05, 0) is 37.0 Å². The van der Waals surface area contributed by atoms with Crippen LogP contribution in [0.2, 0.25) is 0 Å². The number of carbonyl (C=O) groups excluding carboxylic acids is 2. The van der Waals surface area contributed by atoms with Crippen LogP contribution in [0.4, 0.5) is 0 Å². The third-order valence-electron chi connectivity index (χ3n) is 5.86. The number of nitrogens with zero attached hydrogens (tertiary/aromatic N) is 1. The van der Waals surface area contributed by atoms with Gasteiger partial charge in [-0.15, -0.1) is 0 Å². The molecule has 1 fully saturated rings. The smallest absolute Gasteiger partial charge is 0.246 e. The predicted molar refractivity (Wildman–Crippen MR) is 126 cm³/mol. The zero-order valence-corrected chi connectivity index (χ0v) is 18.4. The van der Waals surface area contributed by atoms with Gasteiger partial charge in [0.15, 0.2) is 0 Å². The maximum absolute atomic E-state index is 13.2. The number of fused-ring (bicyclic) bond motifs is 1. The zero-order chi connectivity index (χ0) is 24.1. The second kappa shape index (κ2) is 10.6. The van der Waals surface area contributed by atoms with Crippen molar-refractivity contribution < 1.29 is 19.8 Å². The molecular weight excluding hydrogens is 438 g/mol. The molecule has 34 heavy (non-hydrogen) atoms. The maximum atomic E-state index is 13.2. The normalized spacial score (nSPS) is 20.9. The fraction of sp³-hybridized carbons (Fsp3) is 0.348. The molecule has 2 amide bonds. The molecule has 0 spiro atoms. The van der Waals surface area contributed by atoms with Crippen LogP contribution in [0.25, 0.3) is 17.0 Å². The molecule has 0 bridgehead atoms. The van der Waals surface area contributed by atoms with E-state index in [1.807, 2.05) is 30.5 Å². The number of H-pyrrole nitrogens is 2. The van der Waals surface area contributed by atoms with Crippen LogP contribution in [0.1, 0.15) is 24.1 Å². The Labute approximate surface area is 195 Å². The van der Waals surface area contributed by atoms with Crippen LogP contribution >= 0.6 is 0 Å². The molecule has 3 aromatic rings. The summed E-state index contributed by atoms with van der Waals surface area (Å²) < 4.78 is 0. The Morgan fingerprint density at radius 2 is 2.06 bits per heavy atom. The summed E-state index contributed by atoms with van der Waals surface area (Å²) in [6.45, 7) is 0. The van der Waals surface area contributed by atoms with E-state index in [2.05, 4.69) is 30.9 Å². The highest BCUT2D eigenvalue weighted by Gasteiger charge is 2.31. The fourth-order valence-electron chi connectivity index (χ4n) is 4.01. The first-order chi connectivity index (χ1) is 16.4. The summed E-state index contributed by atoms with van der Waals surface area (Å²) in [5.74, 6) is -0.940.